The molecule has 0 aliphatic carbocycles. The minimum Gasteiger partial charge on any atom is -0.475 e. The number of pyridine rings is 1. The average Bonchev–Trinajstić information content (AvgIpc) is 3.92. The fourth-order valence-corrected chi connectivity index (χ4v) is 7.54. The summed E-state index contributed by atoms with van der Waals surface area (Å²) in [6.45, 7) is 7.56. The van der Waals surface area contributed by atoms with Crippen LogP contribution in [0.2, 0.25) is 0 Å². The van der Waals surface area contributed by atoms with Crippen LogP contribution in [-0.4, -0.2) is 97.2 Å². The van der Waals surface area contributed by atoms with Crippen LogP contribution in [0, 0.1) is 5.41 Å². The van der Waals surface area contributed by atoms with E-state index >= 15 is 0 Å². The third-order valence-electron chi connectivity index (χ3n) is 10.2. The second kappa shape index (κ2) is 12.8. The monoisotopic (exact) mass is 671 g/mol. The van der Waals surface area contributed by atoms with Gasteiger partial charge in [0, 0.05) is 67.7 Å². The van der Waals surface area contributed by atoms with Gasteiger partial charge in [-0.25, -0.2) is 4.98 Å². The molecule has 1 unspecified atom stereocenters. The Morgan fingerprint density at radius 1 is 1.00 bits per heavy atom. The third-order valence-corrected chi connectivity index (χ3v) is 10.2. The zero-order valence-corrected chi connectivity index (χ0v) is 28.7. The molecule has 1 spiro atoms. The molecule has 6 heterocycles. The highest BCUT2D eigenvalue weighted by molar-refractivity contribution is 6.03. The minimum absolute atomic E-state index is 0.0455. The highest BCUT2D eigenvalue weighted by Gasteiger charge is 2.51. The predicted molar refractivity (Wildman–Crippen MR) is 191 cm³/mol. The van der Waals surface area contributed by atoms with Crippen LogP contribution < -0.4 is 9.64 Å². The van der Waals surface area contributed by atoms with E-state index in [1.54, 1.807) is 10.9 Å². The van der Waals surface area contributed by atoms with Crippen LogP contribution in [-0.2, 0) is 16.6 Å². The summed E-state index contributed by atoms with van der Waals surface area (Å²) in [5, 5.41) is 16.8. The fourth-order valence-electron chi connectivity index (χ4n) is 7.54. The molecule has 3 aliphatic rings. The molecule has 3 aliphatic heterocycles. The summed E-state index contributed by atoms with van der Waals surface area (Å²) >= 11 is 0. The number of aromatic nitrogens is 6. The zero-order valence-electron chi connectivity index (χ0n) is 28.7. The van der Waals surface area contributed by atoms with Crippen molar-refractivity contribution in [3.05, 3.63) is 78.6 Å². The van der Waals surface area contributed by atoms with E-state index in [-0.39, 0.29) is 17.9 Å². The number of aryl methyl sites for hydroxylation is 1. The quantitative estimate of drug-likeness (QED) is 0.246. The summed E-state index contributed by atoms with van der Waals surface area (Å²) in [5.41, 5.74) is 7.26. The summed E-state index contributed by atoms with van der Waals surface area (Å²) in [6.07, 6.45) is 8.23. The van der Waals surface area contributed by atoms with Crippen LogP contribution in [0.4, 0.5) is 5.69 Å². The van der Waals surface area contributed by atoms with Crippen molar-refractivity contribution in [3.63, 3.8) is 0 Å². The Balaban J connectivity index is 0.889. The van der Waals surface area contributed by atoms with E-state index in [4.69, 9.17) is 4.74 Å². The third kappa shape index (κ3) is 6.04. The molecule has 12 nitrogen and oxygen atoms in total. The number of H-pyrrole nitrogens is 1. The van der Waals surface area contributed by atoms with Gasteiger partial charge >= 0.3 is 0 Å². The van der Waals surface area contributed by atoms with Crippen LogP contribution in [0.15, 0.2) is 73.1 Å². The van der Waals surface area contributed by atoms with Gasteiger partial charge in [-0.2, -0.15) is 5.10 Å². The number of benzene rings is 2. The first kappa shape index (κ1) is 31.9. The molecule has 2 aromatic carbocycles. The maximum absolute atomic E-state index is 14.0. The minimum atomic E-state index is -0.461. The van der Waals surface area contributed by atoms with Gasteiger partial charge in [0.25, 0.3) is 0 Å². The lowest BCUT2D eigenvalue weighted by Gasteiger charge is -2.29. The SMILES string of the molecule is CC(C)Oc1ccc(-c2n[nH]c3ccc(N4CCC5(CCN(CC(=O)N6CC=C(c7ccc(-c8cn(C)nn8)cc7)CC6)C5)C4=O)cc23)cn1. The van der Waals surface area contributed by atoms with Gasteiger partial charge in [-0.3, -0.25) is 24.3 Å². The number of aromatic amines is 1. The second-order valence-electron chi connectivity index (χ2n) is 14.0. The molecule has 8 rings (SSSR count). The lowest BCUT2D eigenvalue weighted by Crippen LogP contribution is -2.43. The van der Waals surface area contributed by atoms with Gasteiger partial charge in [0.05, 0.1) is 29.8 Å². The van der Waals surface area contributed by atoms with Crippen LogP contribution in [0.5, 0.6) is 5.88 Å². The molecule has 3 aromatic heterocycles. The topological polar surface area (TPSA) is 125 Å². The number of nitrogens with zero attached hydrogens (tertiary/aromatic N) is 8. The molecule has 1 N–H and O–H groups in total. The number of nitrogens with one attached hydrogen (secondary N) is 1. The molecule has 256 valence electrons. The number of hydrogen-bond donors (Lipinski definition) is 1. The van der Waals surface area contributed by atoms with Gasteiger partial charge < -0.3 is 14.5 Å². The first-order valence-electron chi connectivity index (χ1n) is 17.3. The number of rotatable bonds is 8. The van der Waals surface area contributed by atoms with Crippen molar-refractivity contribution in [1.82, 2.24) is 40.0 Å². The maximum atomic E-state index is 14.0. The largest absolute Gasteiger partial charge is 0.475 e. The van der Waals surface area contributed by atoms with Crippen molar-refractivity contribution < 1.29 is 14.3 Å². The van der Waals surface area contributed by atoms with Crippen molar-refractivity contribution in [2.24, 2.45) is 12.5 Å². The smallest absolute Gasteiger partial charge is 0.237 e. The molecular formula is C38H41N9O3. The molecule has 2 fully saturated rings. The van der Waals surface area contributed by atoms with Crippen molar-refractivity contribution in [3.8, 4) is 28.4 Å². The van der Waals surface area contributed by atoms with Crippen molar-refractivity contribution in [1.29, 1.82) is 0 Å². The van der Waals surface area contributed by atoms with Crippen molar-refractivity contribution in [2.75, 3.05) is 44.2 Å². The van der Waals surface area contributed by atoms with E-state index < -0.39 is 5.41 Å². The molecule has 5 aromatic rings. The van der Waals surface area contributed by atoms with Crippen LogP contribution >= 0.6 is 0 Å². The molecule has 50 heavy (non-hydrogen) atoms. The Hall–Kier alpha value is -5.36. The Morgan fingerprint density at radius 2 is 1.80 bits per heavy atom. The Bertz CT molecular complexity index is 2080. The normalized spacial score (nSPS) is 19.7. The highest BCUT2D eigenvalue weighted by Crippen LogP contribution is 2.43. The number of ether oxygens (including phenoxy) is 1. The van der Waals surface area contributed by atoms with Crippen LogP contribution in [0.25, 0.3) is 39.0 Å². The Kier molecular flexibility index (Phi) is 8.18. The summed E-state index contributed by atoms with van der Waals surface area (Å²) < 4.78 is 7.40. The summed E-state index contributed by atoms with van der Waals surface area (Å²) in [5.74, 6) is 0.836. The summed E-state index contributed by atoms with van der Waals surface area (Å²) in [4.78, 5) is 37.9. The number of fused-ring (bicyclic) bond motifs is 1. The average molecular weight is 672 g/mol. The van der Waals surface area contributed by atoms with Gasteiger partial charge in [-0.1, -0.05) is 35.6 Å². The number of likely N-dealkylation sites (tertiary alicyclic amines) is 1. The number of carbonyl (C=O) groups is 2. The van der Waals surface area contributed by atoms with Gasteiger partial charge in [-0.15, -0.1) is 5.10 Å². The summed E-state index contributed by atoms with van der Waals surface area (Å²) in [6, 6.07) is 18.2. The molecule has 2 saturated heterocycles. The Labute approximate surface area is 290 Å². The van der Waals surface area contributed by atoms with Gasteiger partial charge in [-0.05, 0) is 75.1 Å². The molecule has 0 radical (unpaired) electrons. The molecule has 0 saturated carbocycles. The maximum Gasteiger partial charge on any atom is 0.237 e. The lowest BCUT2D eigenvalue weighted by molar-refractivity contribution is -0.132. The predicted octanol–water partition coefficient (Wildman–Crippen LogP) is 4.95. The van der Waals surface area contributed by atoms with E-state index in [1.807, 2.05) is 67.2 Å². The first-order valence-corrected chi connectivity index (χ1v) is 17.3. The van der Waals surface area contributed by atoms with E-state index in [0.717, 1.165) is 64.9 Å². The van der Waals surface area contributed by atoms with Crippen LogP contribution in [0.1, 0.15) is 38.7 Å². The number of amides is 2. The number of anilines is 1. The summed E-state index contributed by atoms with van der Waals surface area (Å²) in [7, 11) is 1.86. The fraction of sp³-hybridized carbons (Fsp3) is 0.368. The van der Waals surface area contributed by atoms with Crippen LogP contribution in [0.3, 0.4) is 0 Å². The van der Waals surface area contributed by atoms with Gasteiger partial charge in [0.1, 0.15) is 11.4 Å². The van der Waals surface area contributed by atoms with E-state index in [9.17, 15) is 9.59 Å². The molecule has 0 bridgehead atoms. The number of hydrogen-bond acceptors (Lipinski definition) is 8. The van der Waals surface area contributed by atoms with E-state index in [0.29, 0.717) is 38.6 Å². The van der Waals surface area contributed by atoms with Crippen molar-refractivity contribution in [2.45, 2.75) is 39.2 Å². The molecule has 1 atom stereocenters. The first-order chi connectivity index (χ1) is 24.2. The lowest BCUT2D eigenvalue weighted by atomic mass is 9.85. The Morgan fingerprint density at radius 3 is 2.52 bits per heavy atom. The van der Waals surface area contributed by atoms with E-state index in [2.05, 4.69) is 60.7 Å². The van der Waals surface area contributed by atoms with Gasteiger partial charge in [0.15, 0.2) is 0 Å². The van der Waals surface area contributed by atoms with Gasteiger partial charge in [0.2, 0.25) is 17.7 Å². The number of carbonyl (C=O) groups excluding carboxylic acids is 2. The zero-order chi connectivity index (χ0) is 34.4. The highest BCUT2D eigenvalue weighted by atomic mass is 16.5. The van der Waals surface area contributed by atoms with Crippen molar-refractivity contribution >= 4 is 34.0 Å². The standard InChI is InChI=1S/C38H41N9O3/c1-25(2)50-34-11-8-29(21-39-34)36-31-20-30(9-10-32(31)40-42-36)47-19-15-38(37(47)49)14-18-45(24-38)23-35(48)46-16-12-27(13-17-46)26-4-6-28(7-5-26)33-22-44(3)43-41-33/h4-12,20-22,25H,13-19,23-24H2,1-3H3,(H,40,42). The molecule has 2 amide bonds. The molecule has 12 heteroatoms. The molecular weight excluding hydrogens is 630 g/mol. The van der Waals surface area contributed by atoms with E-state index in [1.165, 1.54) is 11.1 Å². The second-order valence-corrected chi connectivity index (χ2v) is 14.0.